The van der Waals surface area contributed by atoms with E-state index in [1.807, 2.05) is 18.2 Å². The van der Waals surface area contributed by atoms with E-state index < -0.39 is 0 Å². The van der Waals surface area contributed by atoms with E-state index in [9.17, 15) is 9.18 Å². The van der Waals surface area contributed by atoms with Gasteiger partial charge in [0, 0.05) is 12.7 Å². The van der Waals surface area contributed by atoms with Crippen molar-refractivity contribution < 1.29 is 13.9 Å². The van der Waals surface area contributed by atoms with E-state index >= 15 is 0 Å². The molecule has 1 fully saturated rings. The molecule has 0 N–H and O–H groups in total. The Labute approximate surface area is 128 Å². The number of pyridine rings is 1. The summed E-state index contributed by atoms with van der Waals surface area (Å²) >= 11 is 0. The number of carbonyl (C=O) groups is 1. The third-order valence-corrected chi connectivity index (χ3v) is 3.71. The van der Waals surface area contributed by atoms with E-state index in [0.29, 0.717) is 19.7 Å². The third kappa shape index (κ3) is 3.49. The van der Waals surface area contributed by atoms with Gasteiger partial charge in [-0.15, -0.1) is 0 Å². The maximum Gasteiger partial charge on any atom is 0.227 e. The molecule has 1 amide bonds. The quantitative estimate of drug-likeness (QED) is 0.874. The van der Waals surface area contributed by atoms with Crippen molar-refractivity contribution >= 4 is 5.91 Å². The minimum absolute atomic E-state index is 0.0239. The lowest BCUT2D eigenvalue weighted by molar-refractivity contribution is -0.138. The van der Waals surface area contributed by atoms with Crippen molar-refractivity contribution in [2.45, 2.75) is 12.5 Å². The Morgan fingerprint density at radius 3 is 2.82 bits per heavy atom. The summed E-state index contributed by atoms with van der Waals surface area (Å²) in [5, 5.41) is 0. The highest BCUT2D eigenvalue weighted by molar-refractivity contribution is 5.78. The molecule has 114 valence electrons. The van der Waals surface area contributed by atoms with E-state index in [4.69, 9.17) is 4.74 Å². The number of carbonyl (C=O) groups excluding carboxylic acids is 1. The molecule has 0 bridgehead atoms. The molecular formula is C17H17FN2O2. The minimum atomic E-state index is -0.294. The molecule has 1 unspecified atom stereocenters. The van der Waals surface area contributed by atoms with Crippen LogP contribution < -0.4 is 0 Å². The second-order valence-corrected chi connectivity index (χ2v) is 5.26. The van der Waals surface area contributed by atoms with Gasteiger partial charge in [0.1, 0.15) is 11.9 Å². The van der Waals surface area contributed by atoms with Crippen LogP contribution >= 0.6 is 0 Å². The van der Waals surface area contributed by atoms with Gasteiger partial charge in [-0.3, -0.25) is 9.78 Å². The zero-order chi connectivity index (χ0) is 15.4. The Morgan fingerprint density at radius 1 is 1.27 bits per heavy atom. The number of halogens is 1. The van der Waals surface area contributed by atoms with Crippen molar-refractivity contribution in [1.82, 2.24) is 9.88 Å². The molecule has 0 spiro atoms. The number of nitrogens with zero attached hydrogens (tertiary/aromatic N) is 2. The van der Waals surface area contributed by atoms with Crippen molar-refractivity contribution in [3.8, 4) is 0 Å². The average Bonchev–Trinajstić information content (AvgIpc) is 2.58. The Balaban J connectivity index is 1.64. The first kappa shape index (κ1) is 14.7. The topological polar surface area (TPSA) is 42.4 Å². The van der Waals surface area contributed by atoms with Crippen LogP contribution in [0, 0.1) is 5.82 Å². The lowest BCUT2D eigenvalue weighted by Gasteiger charge is -2.32. The molecule has 3 rings (SSSR count). The lowest BCUT2D eigenvalue weighted by Crippen LogP contribution is -2.43. The summed E-state index contributed by atoms with van der Waals surface area (Å²) in [5.74, 6) is -0.270. The van der Waals surface area contributed by atoms with Gasteiger partial charge in [-0.05, 0) is 29.8 Å². The van der Waals surface area contributed by atoms with Gasteiger partial charge in [0.2, 0.25) is 5.91 Å². The summed E-state index contributed by atoms with van der Waals surface area (Å²) in [6.07, 6.45) is 1.81. The molecule has 1 saturated heterocycles. The molecule has 22 heavy (non-hydrogen) atoms. The van der Waals surface area contributed by atoms with Crippen LogP contribution in [0.25, 0.3) is 0 Å². The molecule has 0 saturated carbocycles. The second kappa shape index (κ2) is 6.66. The van der Waals surface area contributed by atoms with Crippen LogP contribution in [0.15, 0.2) is 48.7 Å². The molecule has 0 radical (unpaired) electrons. The number of benzene rings is 1. The smallest absolute Gasteiger partial charge is 0.227 e. The molecule has 0 aliphatic carbocycles. The number of aromatic nitrogens is 1. The molecule has 1 aliphatic heterocycles. The molecule has 2 aromatic rings. The van der Waals surface area contributed by atoms with Gasteiger partial charge in [-0.25, -0.2) is 4.39 Å². The van der Waals surface area contributed by atoms with Gasteiger partial charge in [-0.2, -0.15) is 0 Å². The fourth-order valence-corrected chi connectivity index (χ4v) is 2.51. The van der Waals surface area contributed by atoms with Gasteiger partial charge in [-0.1, -0.05) is 18.2 Å². The van der Waals surface area contributed by atoms with E-state index in [-0.39, 0.29) is 24.2 Å². The van der Waals surface area contributed by atoms with Gasteiger partial charge >= 0.3 is 0 Å². The van der Waals surface area contributed by atoms with Gasteiger partial charge in [0.25, 0.3) is 0 Å². The summed E-state index contributed by atoms with van der Waals surface area (Å²) in [6.45, 7) is 1.57. The van der Waals surface area contributed by atoms with Gasteiger partial charge < -0.3 is 9.64 Å². The highest BCUT2D eigenvalue weighted by atomic mass is 19.1. The SMILES string of the molecule is O=C(Cc1ccc(F)cc1)N1CCOC(c2ccccn2)C1. The number of morpholine rings is 1. The Hall–Kier alpha value is -2.27. The summed E-state index contributed by atoms with van der Waals surface area (Å²) in [7, 11) is 0. The number of hydrogen-bond donors (Lipinski definition) is 0. The fraction of sp³-hybridized carbons (Fsp3) is 0.294. The first-order valence-electron chi connectivity index (χ1n) is 7.27. The van der Waals surface area contributed by atoms with E-state index in [0.717, 1.165) is 11.3 Å². The van der Waals surface area contributed by atoms with E-state index in [1.54, 1.807) is 23.2 Å². The largest absolute Gasteiger partial charge is 0.368 e. The normalized spacial score (nSPS) is 18.2. The van der Waals surface area contributed by atoms with Crippen molar-refractivity contribution in [2.24, 2.45) is 0 Å². The summed E-state index contributed by atoms with van der Waals surface area (Å²) < 4.78 is 18.6. The minimum Gasteiger partial charge on any atom is -0.368 e. The maximum absolute atomic E-state index is 12.9. The number of rotatable bonds is 3. The molecular weight excluding hydrogens is 283 g/mol. The standard InChI is InChI=1S/C17H17FN2O2/c18-14-6-4-13(5-7-14)11-17(21)20-9-10-22-16(12-20)15-3-1-2-8-19-15/h1-8,16H,9-12H2. The first-order valence-corrected chi connectivity index (χ1v) is 7.27. The van der Waals surface area contributed by atoms with Crippen LogP contribution in [0.5, 0.6) is 0 Å². The molecule has 1 aromatic carbocycles. The predicted octanol–water partition coefficient (Wildman–Crippen LogP) is 2.36. The Morgan fingerprint density at radius 2 is 2.09 bits per heavy atom. The average molecular weight is 300 g/mol. The van der Waals surface area contributed by atoms with Crippen LogP contribution in [0.2, 0.25) is 0 Å². The van der Waals surface area contributed by atoms with Crippen LogP contribution in [0.3, 0.4) is 0 Å². The Kier molecular flexibility index (Phi) is 4.44. The Bertz CT molecular complexity index is 631. The zero-order valence-corrected chi connectivity index (χ0v) is 12.1. The maximum atomic E-state index is 12.9. The van der Waals surface area contributed by atoms with E-state index in [1.165, 1.54) is 12.1 Å². The number of ether oxygens (including phenoxy) is 1. The first-order chi connectivity index (χ1) is 10.7. The highest BCUT2D eigenvalue weighted by Crippen LogP contribution is 2.20. The molecule has 1 aliphatic rings. The van der Waals surface area contributed by atoms with E-state index in [2.05, 4.69) is 4.98 Å². The lowest BCUT2D eigenvalue weighted by atomic mass is 10.1. The molecule has 1 aromatic heterocycles. The van der Waals surface area contributed by atoms with Crippen LogP contribution in [0.1, 0.15) is 17.4 Å². The van der Waals surface area contributed by atoms with Crippen molar-refractivity contribution in [3.05, 3.63) is 65.7 Å². The summed E-state index contributed by atoms with van der Waals surface area (Å²) in [4.78, 5) is 18.5. The summed E-state index contributed by atoms with van der Waals surface area (Å²) in [6, 6.07) is 11.7. The van der Waals surface area contributed by atoms with Crippen molar-refractivity contribution in [1.29, 1.82) is 0 Å². The number of amides is 1. The third-order valence-electron chi connectivity index (χ3n) is 3.71. The van der Waals surface area contributed by atoms with Crippen molar-refractivity contribution in [3.63, 3.8) is 0 Å². The molecule has 4 nitrogen and oxygen atoms in total. The monoisotopic (exact) mass is 300 g/mol. The summed E-state index contributed by atoms with van der Waals surface area (Å²) in [5.41, 5.74) is 1.65. The second-order valence-electron chi connectivity index (χ2n) is 5.26. The van der Waals surface area contributed by atoms with Crippen LogP contribution in [-0.4, -0.2) is 35.5 Å². The van der Waals surface area contributed by atoms with Gasteiger partial charge in [0.15, 0.2) is 0 Å². The number of hydrogen-bond acceptors (Lipinski definition) is 3. The molecule has 1 atom stereocenters. The van der Waals surface area contributed by atoms with Crippen LogP contribution in [0.4, 0.5) is 4.39 Å². The zero-order valence-electron chi connectivity index (χ0n) is 12.1. The van der Waals surface area contributed by atoms with Gasteiger partial charge in [0.05, 0.1) is 25.3 Å². The molecule has 5 heteroatoms. The van der Waals surface area contributed by atoms with Crippen molar-refractivity contribution in [2.75, 3.05) is 19.7 Å². The highest BCUT2D eigenvalue weighted by Gasteiger charge is 2.26. The molecule has 2 heterocycles. The predicted molar refractivity (Wildman–Crippen MR) is 79.6 cm³/mol. The fourth-order valence-electron chi connectivity index (χ4n) is 2.51. The van der Waals surface area contributed by atoms with Crippen LogP contribution in [-0.2, 0) is 16.0 Å².